The van der Waals surface area contributed by atoms with Gasteiger partial charge in [0.05, 0.1) is 28.3 Å². The molecule has 8 heteroatoms. The Labute approximate surface area is 145 Å². The van der Waals surface area contributed by atoms with Gasteiger partial charge in [0.15, 0.2) is 15.7 Å². The number of hydrogen-bond acceptors (Lipinski definition) is 6. The molecule has 0 fully saturated rings. The SMILES string of the molecule is C=C/C(C#N)=C\C=C(/C)c1cnn(-c2ccc(S(C)(=O)=O)cn2)c1O. The molecule has 0 radical (unpaired) electrons. The van der Waals surface area contributed by atoms with E-state index in [9.17, 15) is 13.5 Å². The smallest absolute Gasteiger partial charge is 0.223 e. The summed E-state index contributed by atoms with van der Waals surface area (Å²) in [6, 6.07) is 4.83. The van der Waals surface area contributed by atoms with E-state index >= 15 is 0 Å². The Morgan fingerprint density at radius 3 is 2.60 bits per heavy atom. The number of pyridine rings is 1. The van der Waals surface area contributed by atoms with Gasteiger partial charge in [0, 0.05) is 12.5 Å². The normalized spacial score (nSPS) is 12.7. The van der Waals surface area contributed by atoms with E-state index in [0.29, 0.717) is 16.7 Å². The molecule has 0 atom stereocenters. The summed E-state index contributed by atoms with van der Waals surface area (Å²) in [6.07, 6.45) is 8.44. The first-order valence-corrected chi connectivity index (χ1v) is 9.02. The van der Waals surface area contributed by atoms with E-state index in [0.717, 1.165) is 6.26 Å². The Hall–Kier alpha value is -3.18. The molecule has 0 aliphatic rings. The highest BCUT2D eigenvalue weighted by molar-refractivity contribution is 7.90. The van der Waals surface area contributed by atoms with Crippen LogP contribution in [0.5, 0.6) is 5.88 Å². The van der Waals surface area contributed by atoms with Crippen molar-refractivity contribution in [3.8, 4) is 17.8 Å². The van der Waals surface area contributed by atoms with Crippen LogP contribution in [-0.4, -0.2) is 34.5 Å². The molecule has 0 unspecified atom stereocenters. The topological polar surface area (TPSA) is 109 Å². The van der Waals surface area contributed by atoms with Crippen molar-refractivity contribution in [2.45, 2.75) is 11.8 Å². The predicted molar refractivity (Wildman–Crippen MR) is 93.7 cm³/mol. The second-order valence-corrected chi connectivity index (χ2v) is 7.22. The molecule has 0 aromatic carbocycles. The van der Waals surface area contributed by atoms with E-state index in [1.54, 1.807) is 19.1 Å². The van der Waals surface area contributed by atoms with Crippen molar-refractivity contribution in [2.24, 2.45) is 0 Å². The maximum atomic E-state index is 11.5. The van der Waals surface area contributed by atoms with Crippen LogP contribution in [0.1, 0.15) is 12.5 Å². The number of aromatic nitrogens is 3. The van der Waals surface area contributed by atoms with Gasteiger partial charge >= 0.3 is 0 Å². The zero-order valence-corrected chi connectivity index (χ0v) is 14.5. The van der Waals surface area contributed by atoms with Gasteiger partial charge in [-0.05, 0) is 30.7 Å². The summed E-state index contributed by atoms with van der Waals surface area (Å²) in [5.74, 6) is 0.141. The van der Waals surface area contributed by atoms with Crippen LogP contribution in [0.25, 0.3) is 11.4 Å². The van der Waals surface area contributed by atoms with Crippen LogP contribution in [0.15, 0.2) is 59.8 Å². The van der Waals surface area contributed by atoms with Crippen LogP contribution in [0.3, 0.4) is 0 Å². The number of hydrogen-bond donors (Lipinski definition) is 1. The van der Waals surface area contributed by atoms with E-state index in [4.69, 9.17) is 5.26 Å². The van der Waals surface area contributed by atoms with Gasteiger partial charge in [-0.1, -0.05) is 18.7 Å². The van der Waals surface area contributed by atoms with E-state index in [1.807, 2.05) is 6.07 Å². The molecule has 2 aromatic heterocycles. The minimum atomic E-state index is -3.35. The summed E-state index contributed by atoms with van der Waals surface area (Å²) in [4.78, 5) is 4.10. The molecule has 2 aromatic rings. The quantitative estimate of drug-likeness (QED) is 0.651. The number of nitrogens with zero attached hydrogens (tertiary/aromatic N) is 4. The highest BCUT2D eigenvalue weighted by Crippen LogP contribution is 2.27. The summed E-state index contributed by atoms with van der Waals surface area (Å²) >= 11 is 0. The minimum absolute atomic E-state index is 0.0813. The monoisotopic (exact) mass is 356 g/mol. The summed E-state index contributed by atoms with van der Waals surface area (Å²) < 4.78 is 24.1. The first kappa shape index (κ1) is 18.2. The molecule has 128 valence electrons. The second kappa shape index (κ2) is 7.15. The van der Waals surface area contributed by atoms with Crippen LogP contribution >= 0.6 is 0 Å². The third kappa shape index (κ3) is 4.02. The Morgan fingerprint density at radius 1 is 1.36 bits per heavy atom. The lowest BCUT2D eigenvalue weighted by atomic mass is 10.1. The molecule has 0 saturated heterocycles. The molecule has 2 rings (SSSR count). The fourth-order valence-electron chi connectivity index (χ4n) is 1.96. The largest absolute Gasteiger partial charge is 0.493 e. The molecule has 7 nitrogen and oxygen atoms in total. The van der Waals surface area contributed by atoms with Crippen molar-refractivity contribution in [3.05, 3.63) is 60.5 Å². The summed E-state index contributed by atoms with van der Waals surface area (Å²) in [7, 11) is -3.35. The van der Waals surface area contributed by atoms with E-state index in [-0.39, 0.29) is 16.6 Å². The maximum Gasteiger partial charge on any atom is 0.223 e. The summed E-state index contributed by atoms with van der Waals surface area (Å²) in [6.45, 7) is 5.29. The second-order valence-electron chi connectivity index (χ2n) is 5.21. The van der Waals surface area contributed by atoms with Crippen molar-refractivity contribution in [3.63, 3.8) is 0 Å². The first-order chi connectivity index (χ1) is 11.8. The van der Waals surface area contributed by atoms with Crippen LogP contribution in [-0.2, 0) is 9.84 Å². The number of allylic oxidation sites excluding steroid dienone is 5. The first-order valence-electron chi connectivity index (χ1n) is 7.13. The van der Waals surface area contributed by atoms with Crippen molar-refractivity contribution >= 4 is 15.4 Å². The summed E-state index contributed by atoms with van der Waals surface area (Å²) in [5.41, 5.74) is 1.54. The Kier molecular flexibility index (Phi) is 5.20. The number of sulfone groups is 1. The van der Waals surface area contributed by atoms with Crippen LogP contribution in [0.4, 0.5) is 0 Å². The molecule has 0 aliphatic heterocycles. The van der Waals surface area contributed by atoms with Crippen LogP contribution in [0.2, 0.25) is 0 Å². The molecular formula is C17H16N4O3S. The molecule has 2 heterocycles. The van der Waals surface area contributed by atoms with Crippen molar-refractivity contribution in [1.82, 2.24) is 14.8 Å². The van der Waals surface area contributed by atoms with E-state index in [2.05, 4.69) is 16.7 Å². The summed E-state index contributed by atoms with van der Waals surface area (Å²) in [5, 5.41) is 23.3. The van der Waals surface area contributed by atoms with Gasteiger partial charge < -0.3 is 5.11 Å². The third-order valence-corrected chi connectivity index (χ3v) is 4.49. The average Bonchev–Trinajstić information content (AvgIpc) is 2.96. The Bertz CT molecular complexity index is 1010. The lowest BCUT2D eigenvalue weighted by Crippen LogP contribution is -2.02. The predicted octanol–water partition coefficient (Wildman–Crippen LogP) is 2.42. The van der Waals surface area contributed by atoms with Gasteiger partial charge in [0.1, 0.15) is 0 Å². The van der Waals surface area contributed by atoms with Crippen LogP contribution < -0.4 is 0 Å². The van der Waals surface area contributed by atoms with Gasteiger partial charge in [-0.2, -0.15) is 15.0 Å². The van der Waals surface area contributed by atoms with Gasteiger partial charge in [-0.3, -0.25) is 0 Å². The highest BCUT2D eigenvalue weighted by atomic mass is 32.2. The van der Waals surface area contributed by atoms with E-state index in [1.165, 1.54) is 35.3 Å². The van der Waals surface area contributed by atoms with Crippen molar-refractivity contribution < 1.29 is 13.5 Å². The Morgan fingerprint density at radius 2 is 2.08 bits per heavy atom. The molecule has 1 N–H and O–H groups in total. The minimum Gasteiger partial charge on any atom is -0.493 e. The molecule has 0 saturated carbocycles. The molecule has 25 heavy (non-hydrogen) atoms. The van der Waals surface area contributed by atoms with Gasteiger partial charge in [0.2, 0.25) is 5.88 Å². The molecular weight excluding hydrogens is 340 g/mol. The zero-order valence-electron chi connectivity index (χ0n) is 13.7. The van der Waals surface area contributed by atoms with Crippen molar-refractivity contribution in [2.75, 3.05) is 6.26 Å². The van der Waals surface area contributed by atoms with Crippen molar-refractivity contribution in [1.29, 1.82) is 5.26 Å². The molecule has 0 spiro atoms. The number of rotatable bonds is 5. The number of aromatic hydroxyl groups is 1. The van der Waals surface area contributed by atoms with Gasteiger partial charge in [-0.15, -0.1) is 0 Å². The average molecular weight is 356 g/mol. The fraction of sp³-hybridized carbons (Fsp3) is 0.118. The lowest BCUT2D eigenvalue weighted by molar-refractivity contribution is 0.430. The van der Waals surface area contributed by atoms with Crippen LogP contribution in [0, 0.1) is 11.3 Å². The molecule has 0 bridgehead atoms. The molecule has 0 amide bonds. The standard InChI is InChI=1S/C17H16N4O3S/c1-4-13(9-18)6-5-12(2)15-11-20-21(17(15)22)16-8-7-14(10-19-16)25(3,23)24/h4-8,10-11,22H,1H2,2-3H3/b12-5+,13-6+. The Balaban J connectivity index is 2.39. The third-order valence-electron chi connectivity index (χ3n) is 3.40. The van der Waals surface area contributed by atoms with Gasteiger partial charge in [-0.25, -0.2) is 13.4 Å². The lowest BCUT2D eigenvalue weighted by Gasteiger charge is -2.04. The van der Waals surface area contributed by atoms with E-state index < -0.39 is 9.84 Å². The molecule has 0 aliphatic carbocycles. The maximum absolute atomic E-state index is 11.5. The zero-order chi connectivity index (χ0) is 18.6. The van der Waals surface area contributed by atoms with Gasteiger partial charge in [0.25, 0.3) is 0 Å². The number of nitriles is 1. The fourth-order valence-corrected chi connectivity index (χ4v) is 2.52. The highest BCUT2D eigenvalue weighted by Gasteiger charge is 2.14.